The number of hydrogen-bond donors (Lipinski definition) is 2. The standard InChI is InChI=1S/C12H18N2O3S/c1-7(5-13)4-9(15)14-10-8(2)6-18-11(10)12(16)17-3/h6-7H,4-5,13H2,1-3H3,(H,14,15). The Morgan fingerprint density at radius 2 is 2.22 bits per heavy atom. The SMILES string of the molecule is COC(=O)c1scc(C)c1NC(=O)CC(C)CN. The molecule has 1 aromatic rings. The van der Waals surface area contributed by atoms with Crippen LogP contribution in [0.5, 0.6) is 0 Å². The highest BCUT2D eigenvalue weighted by Crippen LogP contribution is 2.28. The Balaban J connectivity index is 2.80. The van der Waals surface area contributed by atoms with E-state index in [0.717, 1.165) is 5.56 Å². The first kappa shape index (κ1) is 14.7. The number of esters is 1. The van der Waals surface area contributed by atoms with Gasteiger partial charge in [0.25, 0.3) is 0 Å². The number of nitrogens with one attached hydrogen (secondary N) is 1. The number of rotatable bonds is 5. The van der Waals surface area contributed by atoms with Crippen molar-refractivity contribution >= 4 is 28.9 Å². The van der Waals surface area contributed by atoms with Crippen molar-refractivity contribution in [1.29, 1.82) is 0 Å². The molecule has 3 N–H and O–H groups in total. The van der Waals surface area contributed by atoms with E-state index >= 15 is 0 Å². The van der Waals surface area contributed by atoms with E-state index in [1.165, 1.54) is 18.4 Å². The lowest BCUT2D eigenvalue weighted by Gasteiger charge is -2.10. The van der Waals surface area contributed by atoms with Crippen molar-refractivity contribution in [3.63, 3.8) is 0 Å². The highest BCUT2D eigenvalue weighted by molar-refractivity contribution is 7.12. The number of amides is 1. The average Bonchev–Trinajstić information content (AvgIpc) is 2.70. The minimum absolute atomic E-state index is 0.116. The van der Waals surface area contributed by atoms with Crippen LogP contribution < -0.4 is 11.1 Å². The van der Waals surface area contributed by atoms with Gasteiger partial charge in [-0.3, -0.25) is 4.79 Å². The Hall–Kier alpha value is -1.40. The lowest BCUT2D eigenvalue weighted by Crippen LogP contribution is -2.21. The number of carbonyl (C=O) groups excluding carboxylic acids is 2. The van der Waals surface area contributed by atoms with Gasteiger partial charge < -0.3 is 15.8 Å². The lowest BCUT2D eigenvalue weighted by atomic mass is 10.1. The van der Waals surface area contributed by atoms with E-state index in [0.29, 0.717) is 23.5 Å². The van der Waals surface area contributed by atoms with Crippen molar-refractivity contribution in [1.82, 2.24) is 0 Å². The molecule has 18 heavy (non-hydrogen) atoms. The second-order valence-corrected chi connectivity index (χ2v) is 5.09. The fourth-order valence-corrected chi connectivity index (χ4v) is 2.35. The molecular weight excluding hydrogens is 252 g/mol. The Morgan fingerprint density at radius 1 is 1.56 bits per heavy atom. The zero-order chi connectivity index (χ0) is 13.7. The average molecular weight is 270 g/mol. The third-order valence-corrected chi connectivity index (χ3v) is 3.62. The molecule has 6 heteroatoms. The van der Waals surface area contributed by atoms with Gasteiger partial charge in [0, 0.05) is 6.42 Å². The van der Waals surface area contributed by atoms with Crippen molar-refractivity contribution < 1.29 is 14.3 Å². The van der Waals surface area contributed by atoms with Crippen LogP contribution >= 0.6 is 11.3 Å². The van der Waals surface area contributed by atoms with Gasteiger partial charge in [-0.05, 0) is 30.3 Å². The molecule has 0 saturated carbocycles. The summed E-state index contributed by atoms with van der Waals surface area (Å²) in [6.45, 7) is 4.20. The van der Waals surface area contributed by atoms with Crippen LogP contribution in [0.15, 0.2) is 5.38 Å². The molecule has 0 saturated heterocycles. The summed E-state index contributed by atoms with van der Waals surface area (Å²) >= 11 is 1.26. The summed E-state index contributed by atoms with van der Waals surface area (Å²) in [7, 11) is 1.32. The van der Waals surface area contributed by atoms with Crippen molar-refractivity contribution in [2.75, 3.05) is 19.0 Å². The first-order valence-corrected chi connectivity index (χ1v) is 6.53. The summed E-state index contributed by atoms with van der Waals surface area (Å²) in [6, 6.07) is 0. The van der Waals surface area contributed by atoms with E-state index in [9.17, 15) is 9.59 Å². The molecule has 0 radical (unpaired) electrons. The number of aryl methyl sites for hydroxylation is 1. The maximum Gasteiger partial charge on any atom is 0.350 e. The largest absolute Gasteiger partial charge is 0.465 e. The van der Waals surface area contributed by atoms with Crippen LogP contribution in [0, 0.1) is 12.8 Å². The summed E-state index contributed by atoms with van der Waals surface area (Å²) < 4.78 is 4.67. The van der Waals surface area contributed by atoms with Crippen LogP contribution in [0.1, 0.15) is 28.6 Å². The second kappa shape index (κ2) is 6.51. The van der Waals surface area contributed by atoms with E-state index in [-0.39, 0.29) is 11.8 Å². The fourth-order valence-electron chi connectivity index (χ4n) is 1.43. The number of carbonyl (C=O) groups is 2. The van der Waals surface area contributed by atoms with Gasteiger partial charge >= 0.3 is 5.97 Å². The van der Waals surface area contributed by atoms with Gasteiger partial charge in [-0.25, -0.2) is 4.79 Å². The molecule has 0 aliphatic carbocycles. The Labute approximate surface area is 110 Å². The molecule has 0 aliphatic heterocycles. The van der Waals surface area contributed by atoms with Crippen LogP contribution in [-0.4, -0.2) is 25.5 Å². The van der Waals surface area contributed by atoms with E-state index in [1.54, 1.807) is 0 Å². The third-order valence-electron chi connectivity index (χ3n) is 2.55. The summed E-state index contributed by atoms with van der Waals surface area (Å²) in [5.41, 5.74) is 6.87. The predicted molar refractivity (Wildman–Crippen MR) is 71.9 cm³/mol. The quantitative estimate of drug-likeness (QED) is 0.799. The summed E-state index contributed by atoms with van der Waals surface area (Å²) in [5, 5.41) is 4.57. The Morgan fingerprint density at radius 3 is 2.78 bits per heavy atom. The van der Waals surface area contributed by atoms with Gasteiger partial charge in [-0.1, -0.05) is 6.92 Å². The maximum absolute atomic E-state index is 11.8. The predicted octanol–water partition coefficient (Wildman–Crippen LogP) is 1.77. The van der Waals surface area contributed by atoms with E-state index in [1.807, 2.05) is 19.2 Å². The van der Waals surface area contributed by atoms with E-state index in [4.69, 9.17) is 5.73 Å². The highest BCUT2D eigenvalue weighted by Gasteiger charge is 2.19. The molecule has 5 nitrogen and oxygen atoms in total. The molecule has 100 valence electrons. The first-order chi connectivity index (χ1) is 8.49. The Bertz CT molecular complexity index is 443. The minimum Gasteiger partial charge on any atom is -0.465 e. The van der Waals surface area contributed by atoms with Crippen molar-refractivity contribution in [3.05, 3.63) is 15.8 Å². The third kappa shape index (κ3) is 3.54. The molecule has 1 unspecified atom stereocenters. The molecule has 0 aromatic carbocycles. The molecule has 0 fully saturated rings. The molecule has 1 aromatic heterocycles. The van der Waals surface area contributed by atoms with Crippen LogP contribution in [0.4, 0.5) is 5.69 Å². The zero-order valence-electron chi connectivity index (χ0n) is 10.8. The lowest BCUT2D eigenvalue weighted by molar-refractivity contribution is -0.116. The van der Waals surface area contributed by atoms with Gasteiger partial charge in [0.1, 0.15) is 4.88 Å². The normalized spacial score (nSPS) is 12.0. The molecule has 1 heterocycles. The van der Waals surface area contributed by atoms with Gasteiger partial charge in [0.15, 0.2) is 0 Å². The number of ether oxygens (including phenoxy) is 1. The van der Waals surface area contributed by atoms with Crippen LogP contribution in [0.3, 0.4) is 0 Å². The molecule has 1 rings (SSSR count). The van der Waals surface area contributed by atoms with E-state index < -0.39 is 5.97 Å². The molecule has 1 amide bonds. The van der Waals surface area contributed by atoms with Crippen LogP contribution in [0.25, 0.3) is 0 Å². The van der Waals surface area contributed by atoms with E-state index in [2.05, 4.69) is 10.1 Å². The highest BCUT2D eigenvalue weighted by atomic mass is 32.1. The van der Waals surface area contributed by atoms with Crippen LogP contribution in [-0.2, 0) is 9.53 Å². The van der Waals surface area contributed by atoms with Crippen LogP contribution in [0.2, 0.25) is 0 Å². The number of nitrogens with two attached hydrogens (primary N) is 1. The summed E-state index contributed by atoms with van der Waals surface area (Å²) in [6.07, 6.45) is 0.340. The molecule has 0 aliphatic rings. The molecule has 0 bridgehead atoms. The fraction of sp³-hybridized carbons (Fsp3) is 0.500. The van der Waals surface area contributed by atoms with Crippen molar-refractivity contribution in [2.24, 2.45) is 11.7 Å². The van der Waals surface area contributed by atoms with Crippen molar-refractivity contribution in [2.45, 2.75) is 20.3 Å². The molecule has 1 atom stereocenters. The number of anilines is 1. The van der Waals surface area contributed by atoms with Crippen molar-refractivity contribution in [3.8, 4) is 0 Å². The van der Waals surface area contributed by atoms with Gasteiger partial charge in [-0.15, -0.1) is 11.3 Å². The smallest absolute Gasteiger partial charge is 0.350 e. The number of methoxy groups -OCH3 is 1. The summed E-state index contributed by atoms with van der Waals surface area (Å²) in [5.74, 6) is -0.458. The Kier molecular flexibility index (Phi) is 5.30. The summed E-state index contributed by atoms with van der Waals surface area (Å²) in [4.78, 5) is 23.7. The monoisotopic (exact) mass is 270 g/mol. The minimum atomic E-state index is -0.435. The molecule has 0 spiro atoms. The topological polar surface area (TPSA) is 81.4 Å². The molecular formula is C12H18N2O3S. The first-order valence-electron chi connectivity index (χ1n) is 5.65. The number of thiophene rings is 1. The van der Waals surface area contributed by atoms with Gasteiger partial charge in [0.2, 0.25) is 5.91 Å². The maximum atomic E-state index is 11.8. The number of hydrogen-bond acceptors (Lipinski definition) is 5. The van der Waals surface area contributed by atoms with Gasteiger partial charge in [0.05, 0.1) is 12.8 Å². The van der Waals surface area contributed by atoms with Gasteiger partial charge in [-0.2, -0.15) is 0 Å². The second-order valence-electron chi connectivity index (χ2n) is 4.21. The zero-order valence-corrected chi connectivity index (χ0v) is 11.6.